The molecule has 0 aromatic heterocycles. The maximum absolute atomic E-state index is 12.4. The van der Waals surface area contributed by atoms with Crippen molar-refractivity contribution in [1.82, 2.24) is 5.48 Å². The van der Waals surface area contributed by atoms with Crippen molar-refractivity contribution in [1.29, 1.82) is 0 Å². The van der Waals surface area contributed by atoms with Gasteiger partial charge in [-0.15, -0.1) is 0 Å². The number of nitrogens with one attached hydrogen (secondary N) is 1. The molecule has 0 saturated heterocycles. The summed E-state index contributed by atoms with van der Waals surface area (Å²) in [6.07, 6.45) is 8.29. The van der Waals surface area contributed by atoms with Crippen molar-refractivity contribution in [3.8, 4) is 5.75 Å². The Morgan fingerprint density at radius 1 is 0.788 bits per heavy atom. The molecule has 1 N–H and O–H groups in total. The van der Waals surface area contributed by atoms with Crippen molar-refractivity contribution in [2.45, 2.75) is 138 Å². The lowest BCUT2D eigenvalue weighted by molar-refractivity contribution is -0.127. The third-order valence-electron chi connectivity index (χ3n) is 6.22. The lowest BCUT2D eigenvalue weighted by Crippen LogP contribution is -2.31. The van der Waals surface area contributed by atoms with Crippen LogP contribution in [0.3, 0.4) is 0 Å². The molecule has 1 rings (SSSR count). The highest BCUT2D eigenvalue weighted by Gasteiger charge is 2.33. The van der Waals surface area contributed by atoms with Gasteiger partial charge in [0.1, 0.15) is 0 Å². The van der Waals surface area contributed by atoms with Crippen LogP contribution in [0.1, 0.15) is 139 Å². The molecule has 190 valence electrons. The van der Waals surface area contributed by atoms with E-state index in [0.29, 0.717) is 6.42 Å². The van der Waals surface area contributed by atoms with Gasteiger partial charge in [0.05, 0.1) is 0 Å². The predicted octanol–water partition coefficient (Wildman–Crippen LogP) is 8.88. The first kappa shape index (κ1) is 29.5. The normalized spacial score (nSPS) is 13.2. The quantitative estimate of drug-likeness (QED) is 0.250. The molecule has 0 unspecified atom stereocenters. The van der Waals surface area contributed by atoms with Crippen LogP contribution in [0.5, 0.6) is 5.75 Å². The Morgan fingerprint density at radius 3 is 1.88 bits per heavy atom. The molecule has 0 bridgehead atoms. The highest BCUT2D eigenvalue weighted by atomic mass is 16.7. The van der Waals surface area contributed by atoms with Crippen LogP contribution < -0.4 is 10.3 Å². The van der Waals surface area contributed by atoms with E-state index in [1.165, 1.54) is 30.4 Å². The Labute approximate surface area is 205 Å². The van der Waals surface area contributed by atoms with Crippen LogP contribution in [0.25, 0.3) is 0 Å². The zero-order valence-corrected chi connectivity index (χ0v) is 23.7. The van der Waals surface area contributed by atoms with Gasteiger partial charge < -0.3 is 4.84 Å². The van der Waals surface area contributed by atoms with Crippen LogP contribution in [0, 0.1) is 10.8 Å². The van der Waals surface area contributed by atoms with E-state index in [2.05, 4.69) is 99.8 Å². The lowest BCUT2D eigenvalue weighted by atomic mass is 9.68. The number of benzene rings is 1. The fourth-order valence-electron chi connectivity index (χ4n) is 5.47. The monoisotopic (exact) mass is 459 g/mol. The summed E-state index contributed by atoms with van der Waals surface area (Å²) in [5, 5.41) is 0. The summed E-state index contributed by atoms with van der Waals surface area (Å²) in [6, 6.07) is 6.55. The third kappa shape index (κ3) is 11.0. The van der Waals surface area contributed by atoms with E-state index in [9.17, 15) is 4.79 Å². The molecule has 1 amide bonds. The Morgan fingerprint density at radius 2 is 1.33 bits per heavy atom. The average Bonchev–Trinajstić information content (AvgIpc) is 2.62. The molecule has 0 radical (unpaired) electrons. The SMILES string of the molecule is CCCCCCCC(=O)NOc1ccc(C(C)(C)CC(C)(C)C)cc1C(C)(C)CC(C)(C)C. The number of hydrogen-bond acceptors (Lipinski definition) is 2. The van der Waals surface area contributed by atoms with Gasteiger partial charge in [-0.3, -0.25) is 4.79 Å². The van der Waals surface area contributed by atoms with Crippen molar-refractivity contribution in [3.63, 3.8) is 0 Å². The Bertz CT molecular complexity index is 748. The van der Waals surface area contributed by atoms with Crippen molar-refractivity contribution in [3.05, 3.63) is 29.3 Å². The van der Waals surface area contributed by atoms with E-state index >= 15 is 0 Å². The minimum absolute atomic E-state index is 0.0387. The van der Waals surface area contributed by atoms with Crippen LogP contribution >= 0.6 is 0 Å². The van der Waals surface area contributed by atoms with E-state index < -0.39 is 0 Å². The van der Waals surface area contributed by atoms with E-state index in [4.69, 9.17) is 4.84 Å². The summed E-state index contributed by atoms with van der Waals surface area (Å²) in [5.74, 6) is 0.724. The van der Waals surface area contributed by atoms with E-state index in [0.717, 1.165) is 31.4 Å². The van der Waals surface area contributed by atoms with Crippen molar-refractivity contribution in [2.24, 2.45) is 10.8 Å². The third-order valence-corrected chi connectivity index (χ3v) is 6.22. The highest BCUT2D eigenvalue weighted by molar-refractivity contribution is 5.75. The highest BCUT2D eigenvalue weighted by Crippen LogP contribution is 2.43. The van der Waals surface area contributed by atoms with Crippen molar-refractivity contribution in [2.75, 3.05) is 0 Å². The number of hydroxylamine groups is 1. The second kappa shape index (κ2) is 11.8. The molecule has 33 heavy (non-hydrogen) atoms. The largest absolute Gasteiger partial charge is 0.379 e. The minimum atomic E-state index is -0.0910. The van der Waals surface area contributed by atoms with Gasteiger partial charge in [-0.25, -0.2) is 0 Å². The first-order valence-electron chi connectivity index (χ1n) is 13.1. The summed E-state index contributed by atoms with van der Waals surface area (Å²) < 4.78 is 0. The van der Waals surface area contributed by atoms with Crippen molar-refractivity contribution >= 4 is 5.91 Å². The fraction of sp³-hybridized carbons (Fsp3) is 0.767. The molecule has 0 saturated carbocycles. The molecular formula is C30H53NO2. The standard InChI is InChI=1S/C30H53NO2/c1-12-13-14-15-16-17-26(32)31-33-25-19-18-23(29(8,9)21-27(2,3)4)20-24(25)30(10,11)22-28(5,6)7/h18-20H,12-17,21-22H2,1-11H3,(H,31,32). The topological polar surface area (TPSA) is 38.3 Å². The van der Waals surface area contributed by atoms with E-state index in [-0.39, 0.29) is 27.6 Å². The first-order valence-corrected chi connectivity index (χ1v) is 13.1. The summed E-state index contributed by atoms with van der Waals surface area (Å²) >= 11 is 0. The van der Waals surface area contributed by atoms with Crippen LogP contribution in [0.4, 0.5) is 0 Å². The molecule has 0 aliphatic rings. The van der Waals surface area contributed by atoms with Gasteiger partial charge in [0.15, 0.2) is 5.75 Å². The molecule has 1 aromatic carbocycles. The predicted molar refractivity (Wildman–Crippen MR) is 143 cm³/mol. The van der Waals surface area contributed by atoms with Gasteiger partial charge in [0.2, 0.25) is 0 Å². The maximum Gasteiger partial charge on any atom is 0.252 e. The number of hydrogen-bond donors (Lipinski definition) is 1. The smallest absolute Gasteiger partial charge is 0.252 e. The van der Waals surface area contributed by atoms with Gasteiger partial charge in [-0.2, -0.15) is 5.48 Å². The van der Waals surface area contributed by atoms with Crippen molar-refractivity contribution < 1.29 is 9.63 Å². The number of rotatable bonds is 12. The summed E-state index contributed by atoms with van der Waals surface area (Å²) in [5.41, 5.74) is 5.59. The van der Waals surface area contributed by atoms with Gasteiger partial charge in [-0.1, -0.05) is 114 Å². The van der Waals surface area contributed by atoms with E-state index in [1.807, 2.05) is 0 Å². The zero-order valence-electron chi connectivity index (χ0n) is 23.7. The number of unbranched alkanes of at least 4 members (excludes halogenated alkanes) is 4. The molecule has 3 heteroatoms. The molecule has 0 spiro atoms. The van der Waals surface area contributed by atoms with Gasteiger partial charge in [-0.05, 0) is 52.6 Å². The summed E-state index contributed by atoms with van der Waals surface area (Å²) in [4.78, 5) is 18.3. The average molecular weight is 460 g/mol. The molecule has 0 aliphatic heterocycles. The molecule has 0 heterocycles. The minimum Gasteiger partial charge on any atom is -0.379 e. The van der Waals surface area contributed by atoms with Gasteiger partial charge >= 0.3 is 0 Å². The first-order chi connectivity index (χ1) is 15.0. The molecule has 1 aromatic rings. The number of amides is 1. The second-order valence-corrected chi connectivity index (χ2v) is 13.7. The zero-order chi connectivity index (χ0) is 25.5. The molecule has 0 atom stereocenters. The van der Waals surface area contributed by atoms with Crippen LogP contribution in [0.2, 0.25) is 0 Å². The van der Waals surface area contributed by atoms with Crippen LogP contribution in [0.15, 0.2) is 18.2 Å². The molecule has 0 fully saturated rings. The molecule has 0 aliphatic carbocycles. The second-order valence-electron chi connectivity index (χ2n) is 13.7. The van der Waals surface area contributed by atoms with Gasteiger partial charge in [0, 0.05) is 12.0 Å². The van der Waals surface area contributed by atoms with Crippen LogP contribution in [-0.4, -0.2) is 5.91 Å². The Balaban J connectivity index is 3.13. The Kier molecular flexibility index (Phi) is 10.5. The maximum atomic E-state index is 12.4. The Hall–Kier alpha value is -1.51. The molecular weight excluding hydrogens is 406 g/mol. The lowest BCUT2D eigenvalue weighted by Gasteiger charge is -2.37. The number of carbonyl (C=O) groups is 1. The molecule has 3 nitrogen and oxygen atoms in total. The summed E-state index contributed by atoms with van der Waals surface area (Å²) in [7, 11) is 0. The van der Waals surface area contributed by atoms with E-state index in [1.54, 1.807) is 0 Å². The van der Waals surface area contributed by atoms with Gasteiger partial charge in [0.25, 0.3) is 5.91 Å². The fourth-order valence-corrected chi connectivity index (χ4v) is 5.47. The van der Waals surface area contributed by atoms with Crippen LogP contribution in [-0.2, 0) is 15.6 Å². The summed E-state index contributed by atoms with van der Waals surface area (Å²) in [6.45, 7) is 25.2. The number of carbonyl (C=O) groups excluding carboxylic acids is 1.